The van der Waals surface area contributed by atoms with Crippen LogP contribution in [-0.2, 0) is 11.2 Å². The first-order chi connectivity index (χ1) is 20.7. The number of aryl methyl sites for hydroxylation is 1. The highest BCUT2D eigenvalue weighted by Gasteiger charge is 2.31. The summed E-state index contributed by atoms with van der Waals surface area (Å²) in [6, 6.07) is 7.47. The van der Waals surface area contributed by atoms with E-state index < -0.39 is 17.3 Å². The highest BCUT2D eigenvalue weighted by atomic mass is 19.1. The van der Waals surface area contributed by atoms with Gasteiger partial charge < -0.3 is 15.1 Å². The normalized spacial score (nSPS) is 16.7. The second-order valence-corrected chi connectivity index (χ2v) is 11.3. The Morgan fingerprint density at radius 2 is 1.98 bits per heavy atom. The summed E-state index contributed by atoms with van der Waals surface area (Å²) in [6.07, 6.45) is 4.28. The van der Waals surface area contributed by atoms with Gasteiger partial charge in [0.2, 0.25) is 5.91 Å². The summed E-state index contributed by atoms with van der Waals surface area (Å²) in [6.45, 7) is 11.1. The first-order valence-electron chi connectivity index (χ1n) is 14.5. The van der Waals surface area contributed by atoms with Crippen LogP contribution in [0.1, 0.15) is 44.4 Å². The van der Waals surface area contributed by atoms with E-state index >= 15 is 8.78 Å². The number of amides is 1. The number of carbonyl (C=O) groups excluding carboxylic acids is 1. The van der Waals surface area contributed by atoms with Gasteiger partial charge in [-0.15, -0.1) is 0 Å². The zero-order valence-electron chi connectivity index (χ0n) is 24.4. The molecular weight excluding hydrogens is 552 g/mol. The number of pyridine rings is 2. The fraction of sp³-hybridized carbons (Fsp3) is 0.344. The lowest BCUT2D eigenvalue weighted by atomic mass is 10.00. The van der Waals surface area contributed by atoms with E-state index in [-0.39, 0.29) is 40.6 Å². The van der Waals surface area contributed by atoms with E-state index in [1.165, 1.54) is 22.8 Å². The second-order valence-electron chi connectivity index (χ2n) is 11.3. The van der Waals surface area contributed by atoms with Gasteiger partial charge in [0.05, 0.1) is 22.3 Å². The third kappa shape index (κ3) is 4.92. The molecule has 1 N–H and O–H groups in total. The van der Waals surface area contributed by atoms with E-state index in [1.54, 1.807) is 23.2 Å². The van der Waals surface area contributed by atoms with Gasteiger partial charge in [-0.1, -0.05) is 26.5 Å². The Balaban J connectivity index is 1.68. The Morgan fingerprint density at radius 1 is 1.16 bits per heavy atom. The van der Waals surface area contributed by atoms with Crippen LogP contribution < -0.4 is 15.9 Å². The van der Waals surface area contributed by atoms with Crippen molar-refractivity contribution >= 4 is 28.4 Å². The molecule has 0 spiro atoms. The van der Waals surface area contributed by atoms with Gasteiger partial charge >= 0.3 is 5.69 Å². The number of piperazine rings is 1. The summed E-state index contributed by atoms with van der Waals surface area (Å²) in [4.78, 5) is 43.9. The van der Waals surface area contributed by atoms with Crippen LogP contribution in [0, 0.1) is 11.6 Å². The van der Waals surface area contributed by atoms with Crippen molar-refractivity contribution in [2.75, 3.05) is 36.4 Å². The molecule has 6 rings (SSSR count). The molecule has 2 aliphatic rings. The van der Waals surface area contributed by atoms with Gasteiger partial charge in [0.15, 0.2) is 11.5 Å². The molecule has 5 heterocycles. The molecule has 2 aliphatic heterocycles. The van der Waals surface area contributed by atoms with Gasteiger partial charge in [0.25, 0.3) is 0 Å². The highest BCUT2D eigenvalue weighted by Crippen LogP contribution is 2.37. The largest absolute Gasteiger partial charge is 0.384 e. The Hall–Kier alpha value is -4.67. The minimum atomic E-state index is -0.741. The van der Waals surface area contributed by atoms with E-state index in [4.69, 9.17) is 4.98 Å². The van der Waals surface area contributed by atoms with Gasteiger partial charge in [0, 0.05) is 44.1 Å². The summed E-state index contributed by atoms with van der Waals surface area (Å²) in [5.41, 5.74) is 1.92. The van der Waals surface area contributed by atoms with Crippen LogP contribution in [0.4, 0.5) is 20.3 Å². The van der Waals surface area contributed by atoms with Crippen molar-refractivity contribution in [3.05, 3.63) is 82.6 Å². The van der Waals surface area contributed by atoms with E-state index in [2.05, 4.69) is 21.9 Å². The number of aromatic nitrogens is 4. The molecule has 9 nitrogen and oxygen atoms in total. The highest BCUT2D eigenvalue weighted by molar-refractivity contribution is 5.92. The molecule has 0 unspecified atom stereocenters. The van der Waals surface area contributed by atoms with E-state index in [1.807, 2.05) is 31.7 Å². The number of hydrogen-bond donors (Lipinski definition) is 1. The quantitative estimate of drug-likeness (QED) is 0.344. The Labute approximate surface area is 247 Å². The monoisotopic (exact) mass is 585 g/mol. The minimum Gasteiger partial charge on any atom is -0.384 e. The SMILES string of the molecule is C=CC(=O)N1CCN(c2nc(=O)n3c4nc(c(F)cc24)-c2c(F)cccc2NCCCc2ccnc(C(C)C)c2-3)[C@H](C)C1. The topological polar surface area (TPSA) is 96.3 Å². The maximum atomic E-state index is 16.1. The van der Waals surface area contributed by atoms with Crippen LogP contribution in [0.15, 0.2) is 54.0 Å². The number of rotatable bonds is 3. The fourth-order valence-corrected chi connectivity index (χ4v) is 6.11. The molecular formula is C32H33F2N7O2. The molecule has 1 aromatic carbocycles. The summed E-state index contributed by atoms with van der Waals surface area (Å²) in [5, 5.41) is 3.57. The van der Waals surface area contributed by atoms with Crippen LogP contribution in [0.25, 0.3) is 28.0 Å². The van der Waals surface area contributed by atoms with Crippen LogP contribution in [0.5, 0.6) is 0 Å². The Kier molecular flexibility index (Phi) is 7.41. The molecule has 1 fully saturated rings. The van der Waals surface area contributed by atoms with Gasteiger partial charge in [-0.2, -0.15) is 4.98 Å². The third-order valence-corrected chi connectivity index (χ3v) is 8.18. The van der Waals surface area contributed by atoms with Gasteiger partial charge in [-0.25, -0.2) is 23.1 Å². The van der Waals surface area contributed by atoms with Gasteiger partial charge in [-0.05, 0) is 61.6 Å². The van der Waals surface area contributed by atoms with E-state index in [0.717, 1.165) is 5.56 Å². The fourth-order valence-electron chi connectivity index (χ4n) is 6.11. The zero-order chi connectivity index (χ0) is 30.4. The van der Waals surface area contributed by atoms with E-state index in [9.17, 15) is 9.59 Å². The molecule has 43 heavy (non-hydrogen) atoms. The van der Waals surface area contributed by atoms with Crippen LogP contribution in [-0.4, -0.2) is 62.5 Å². The predicted octanol–water partition coefficient (Wildman–Crippen LogP) is 4.83. The van der Waals surface area contributed by atoms with Crippen LogP contribution in [0.2, 0.25) is 0 Å². The number of hydrogen-bond acceptors (Lipinski definition) is 7. The number of nitrogens with zero attached hydrogens (tertiary/aromatic N) is 6. The van der Waals surface area contributed by atoms with Crippen molar-refractivity contribution < 1.29 is 13.6 Å². The van der Waals surface area contributed by atoms with Gasteiger partial charge in [-0.3, -0.25) is 9.78 Å². The number of nitrogens with one attached hydrogen (secondary N) is 1. The number of anilines is 2. The smallest absolute Gasteiger partial charge is 0.355 e. The summed E-state index contributed by atoms with van der Waals surface area (Å²) in [7, 11) is 0. The molecule has 0 radical (unpaired) electrons. The summed E-state index contributed by atoms with van der Waals surface area (Å²) >= 11 is 0. The second kappa shape index (κ2) is 11.2. The number of benzene rings is 1. The maximum Gasteiger partial charge on any atom is 0.355 e. The number of fused-ring (bicyclic) bond motifs is 5. The predicted molar refractivity (Wildman–Crippen MR) is 163 cm³/mol. The van der Waals surface area contributed by atoms with Crippen molar-refractivity contribution in [3.63, 3.8) is 0 Å². The third-order valence-electron chi connectivity index (χ3n) is 8.18. The lowest BCUT2D eigenvalue weighted by molar-refractivity contribution is -0.126. The molecule has 11 heteroatoms. The van der Waals surface area contributed by atoms with Crippen LogP contribution >= 0.6 is 0 Å². The van der Waals surface area contributed by atoms with Crippen molar-refractivity contribution in [2.24, 2.45) is 0 Å². The first-order valence-corrected chi connectivity index (χ1v) is 14.5. The van der Waals surface area contributed by atoms with Crippen LogP contribution in [0.3, 0.4) is 0 Å². The van der Waals surface area contributed by atoms with Crippen molar-refractivity contribution in [3.8, 4) is 16.9 Å². The molecule has 3 aromatic heterocycles. The molecule has 0 aliphatic carbocycles. The Bertz CT molecular complexity index is 1820. The van der Waals surface area contributed by atoms with Crippen molar-refractivity contribution in [2.45, 2.75) is 45.6 Å². The zero-order valence-corrected chi connectivity index (χ0v) is 24.4. The molecule has 1 atom stereocenters. The summed E-state index contributed by atoms with van der Waals surface area (Å²) in [5.74, 6) is -1.33. The molecule has 2 bridgehead atoms. The average molecular weight is 586 g/mol. The lowest BCUT2D eigenvalue weighted by Crippen LogP contribution is -2.54. The van der Waals surface area contributed by atoms with Crippen molar-refractivity contribution in [1.82, 2.24) is 24.4 Å². The number of halogens is 2. The number of carbonyl (C=O) groups is 1. The van der Waals surface area contributed by atoms with Crippen molar-refractivity contribution in [1.29, 1.82) is 0 Å². The molecule has 4 aromatic rings. The lowest BCUT2D eigenvalue weighted by Gasteiger charge is -2.40. The minimum absolute atomic E-state index is 0.000229. The molecule has 0 saturated carbocycles. The maximum absolute atomic E-state index is 16.1. The average Bonchev–Trinajstić information content (AvgIpc) is 2.98. The standard InChI is InChI=1S/C32H33F2N7O2/c1-5-25(42)39-14-15-40(19(4)17-39)30-21-16-23(34)28-26-22(33)9-6-10-24(26)35-12-7-8-20-11-13-36-27(18(2)3)29(20)41(31(21)37-28)32(43)38-30/h5-6,9-11,13,16,18-19,35H,1,7-8,12,14-15,17H2,2-4H3/t19-/m1/s1. The summed E-state index contributed by atoms with van der Waals surface area (Å²) < 4.78 is 32.9. The van der Waals surface area contributed by atoms with E-state index in [0.29, 0.717) is 61.5 Å². The molecule has 222 valence electrons. The first kappa shape index (κ1) is 28.4. The molecule has 1 saturated heterocycles. The Morgan fingerprint density at radius 3 is 2.72 bits per heavy atom. The molecule has 1 amide bonds. The van der Waals surface area contributed by atoms with Gasteiger partial charge in [0.1, 0.15) is 17.3 Å².